The van der Waals surface area contributed by atoms with Crippen molar-refractivity contribution in [1.29, 1.82) is 0 Å². The smallest absolute Gasteiger partial charge is 0.269 e. The maximum Gasteiger partial charge on any atom is 0.269 e. The molecule has 0 fully saturated rings. The lowest BCUT2D eigenvalue weighted by molar-refractivity contribution is -0.384. The molecule has 0 unspecified atom stereocenters. The summed E-state index contributed by atoms with van der Waals surface area (Å²) >= 11 is 0. The number of rotatable bonds is 3. The van der Waals surface area contributed by atoms with Gasteiger partial charge in [-0.1, -0.05) is 12.1 Å². The van der Waals surface area contributed by atoms with Gasteiger partial charge in [-0.05, 0) is 5.56 Å². The fourth-order valence-electron chi connectivity index (χ4n) is 2.30. The van der Waals surface area contributed by atoms with Crippen LogP contribution in [0.2, 0.25) is 0 Å². The van der Waals surface area contributed by atoms with E-state index in [4.69, 9.17) is 0 Å². The molecule has 1 aliphatic rings. The fourth-order valence-corrected chi connectivity index (χ4v) is 2.30. The normalized spacial score (nSPS) is 13.0. The van der Waals surface area contributed by atoms with Gasteiger partial charge in [0.05, 0.1) is 23.6 Å². The van der Waals surface area contributed by atoms with Gasteiger partial charge in [0.25, 0.3) is 5.69 Å². The van der Waals surface area contributed by atoms with E-state index in [1.165, 1.54) is 18.5 Å². The van der Waals surface area contributed by atoms with Crippen molar-refractivity contribution in [2.75, 3.05) is 0 Å². The van der Waals surface area contributed by atoms with Crippen molar-refractivity contribution in [2.45, 2.75) is 19.5 Å². The number of amides is 1. The minimum absolute atomic E-state index is 0.0232. The number of hydrogen-bond donors (Lipinski definition) is 0. The Morgan fingerprint density at radius 1 is 1.29 bits per heavy atom. The van der Waals surface area contributed by atoms with Gasteiger partial charge in [0, 0.05) is 30.4 Å². The van der Waals surface area contributed by atoms with Gasteiger partial charge in [0.1, 0.15) is 6.33 Å². The summed E-state index contributed by atoms with van der Waals surface area (Å²) in [6.45, 7) is 1.01. The molecule has 0 saturated heterocycles. The summed E-state index contributed by atoms with van der Waals surface area (Å²) in [6, 6.07) is 6.04. The lowest BCUT2D eigenvalue weighted by Gasteiger charge is -2.14. The molecule has 0 bridgehead atoms. The topological polar surface area (TPSA) is 89.2 Å². The predicted molar refractivity (Wildman–Crippen MR) is 73.1 cm³/mol. The Balaban J connectivity index is 1.66. The average Bonchev–Trinajstić information content (AvgIpc) is 2.92. The zero-order valence-corrected chi connectivity index (χ0v) is 11.1. The molecule has 3 rings (SSSR count). The van der Waals surface area contributed by atoms with Crippen LogP contribution < -0.4 is 0 Å². The van der Waals surface area contributed by atoms with Gasteiger partial charge in [0.2, 0.25) is 5.91 Å². The highest BCUT2D eigenvalue weighted by Gasteiger charge is 2.24. The molecule has 0 saturated carbocycles. The maximum absolute atomic E-state index is 12.2. The first-order valence-electron chi connectivity index (χ1n) is 6.42. The molecule has 7 nitrogen and oxygen atoms in total. The van der Waals surface area contributed by atoms with Gasteiger partial charge in [-0.2, -0.15) is 0 Å². The number of non-ortho nitro benzene ring substituents is 1. The molecular formula is C14H12N4O3. The lowest BCUT2D eigenvalue weighted by atomic mass is 10.1. The summed E-state index contributed by atoms with van der Waals surface area (Å²) in [4.78, 5) is 32.2. The number of nitrogens with zero attached hydrogens (tertiary/aromatic N) is 4. The molecule has 1 aliphatic heterocycles. The van der Waals surface area contributed by atoms with Crippen LogP contribution in [0.3, 0.4) is 0 Å². The minimum Gasteiger partial charge on any atom is -0.332 e. The van der Waals surface area contributed by atoms with E-state index >= 15 is 0 Å². The number of carbonyl (C=O) groups excluding carboxylic acids is 1. The Kier molecular flexibility index (Phi) is 3.31. The quantitative estimate of drug-likeness (QED) is 0.629. The van der Waals surface area contributed by atoms with Crippen LogP contribution in [0.1, 0.15) is 16.8 Å². The van der Waals surface area contributed by atoms with Crippen LogP contribution in [0, 0.1) is 10.1 Å². The van der Waals surface area contributed by atoms with E-state index in [-0.39, 0.29) is 18.0 Å². The molecule has 1 aromatic carbocycles. The van der Waals surface area contributed by atoms with Crippen molar-refractivity contribution in [3.63, 3.8) is 0 Å². The molecule has 21 heavy (non-hydrogen) atoms. The second kappa shape index (κ2) is 5.28. The summed E-state index contributed by atoms with van der Waals surface area (Å²) in [7, 11) is 0. The van der Waals surface area contributed by atoms with Gasteiger partial charge < -0.3 is 4.90 Å². The van der Waals surface area contributed by atoms with Crippen LogP contribution in [0.5, 0.6) is 0 Å². The molecule has 2 aromatic rings. The van der Waals surface area contributed by atoms with E-state index in [2.05, 4.69) is 9.97 Å². The number of carbonyl (C=O) groups is 1. The number of aromatic nitrogens is 2. The van der Waals surface area contributed by atoms with E-state index in [0.29, 0.717) is 13.1 Å². The van der Waals surface area contributed by atoms with E-state index in [1.54, 1.807) is 23.2 Å². The third-order valence-corrected chi connectivity index (χ3v) is 3.44. The first-order valence-corrected chi connectivity index (χ1v) is 6.42. The lowest BCUT2D eigenvalue weighted by Crippen LogP contribution is -2.26. The highest BCUT2D eigenvalue weighted by molar-refractivity contribution is 5.79. The molecule has 0 N–H and O–H groups in total. The second-order valence-corrected chi connectivity index (χ2v) is 4.84. The van der Waals surface area contributed by atoms with Crippen LogP contribution in [0.25, 0.3) is 0 Å². The molecule has 0 spiro atoms. The van der Waals surface area contributed by atoms with Gasteiger partial charge in [-0.25, -0.2) is 9.97 Å². The second-order valence-electron chi connectivity index (χ2n) is 4.84. The number of nitro benzene ring substituents is 1. The molecule has 0 atom stereocenters. The number of benzene rings is 1. The predicted octanol–water partition coefficient (Wildman–Crippen LogP) is 1.47. The van der Waals surface area contributed by atoms with Crippen molar-refractivity contribution in [2.24, 2.45) is 0 Å². The number of hydrogen-bond acceptors (Lipinski definition) is 5. The third kappa shape index (κ3) is 2.71. The monoisotopic (exact) mass is 284 g/mol. The molecule has 0 radical (unpaired) electrons. The highest BCUT2D eigenvalue weighted by Crippen LogP contribution is 2.20. The molecule has 0 aliphatic carbocycles. The van der Waals surface area contributed by atoms with Crippen LogP contribution in [0.15, 0.2) is 36.8 Å². The molecule has 2 heterocycles. The van der Waals surface area contributed by atoms with Crippen LogP contribution >= 0.6 is 0 Å². The largest absolute Gasteiger partial charge is 0.332 e. The van der Waals surface area contributed by atoms with Crippen molar-refractivity contribution in [3.05, 3.63) is 63.7 Å². The zero-order valence-electron chi connectivity index (χ0n) is 11.1. The van der Waals surface area contributed by atoms with Crippen LogP contribution in [0.4, 0.5) is 5.69 Å². The Morgan fingerprint density at radius 3 is 2.71 bits per heavy atom. The average molecular weight is 284 g/mol. The van der Waals surface area contributed by atoms with E-state index in [9.17, 15) is 14.9 Å². The van der Waals surface area contributed by atoms with Crippen molar-refractivity contribution < 1.29 is 9.72 Å². The molecule has 106 valence electrons. The fraction of sp³-hybridized carbons (Fsp3) is 0.214. The minimum atomic E-state index is -0.457. The molecule has 1 aromatic heterocycles. The van der Waals surface area contributed by atoms with E-state index < -0.39 is 4.92 Å². The van der Waals surface area contributed by atoms with Gasteiger partial charge in [-0.3, -0.25) is 14.9 Å². The first-order chi connectivity index (χ1) is 10.1. The summed E-state index contributed by atoms with van der Waals surface area (Å²) in [5, 5.41) is 10.6. The third-order valence-electron chi connectivity index (χ3n) is 3.44. The van der Waals surface area contributed by atoms with Gasteiger partial charge in [0.15, 0.2) is 0 Å². The summed E-state index contributed by atoms with van der Waals surface area (Å²) in [6.07, 6.45) is 3.42. The summed E-state index contributed by atoms with van der Waals surface area (Å²) in [5.41, 5.74) is 2.62. The summed E-state index contributed by atoms with van der Waals surface area (Å²) in [5.74, 6) is -0.0261. The highest BCUT2D eigenvalue weighted by atomic mass is 16.6. The molecular weight excluding hydrogens is 272 g/mol. The Bertz CT molecular complexity index is 675. The maximum atomic E-state index is 12.2. The van der Waals surface area contributed by atoms with E-state index in [1.807, 2.05) is 0 Å². The van der Waals surface area contributed by atoms with Crippen molar-refractivity contribution >= 4 is 11.6 Å². The molecule has 7 heteroatoms. The van der Waals surface area contributed by atoms with Crippen LogP contribution in [-0.4, -0.2) is 25.7 Å². The summed E-state index contributed by atoms with van der Waals surface area (Å²) < 4.78 is 0. The Hall–Kier alpha value is -2.83. The SMILES string of the molecule is O=C(Cc1ccc([N+](=O)[O-])cc1)N1Cc2cncnc2C1. The van der Waals surface area contributed by atoms with Crippen molar-refractivity contribution in [1.82, 2.24) is 14.9 Å². The number of fused-ring (bicyclic) bond motifs is 1. The molecule has 1 amide bonds. The van der Waals surface area contributed by atoms with Crippen molar-refractivity contribution in [3.8, 4) is 0 Å². The zero-order chi connectivity index (χ0) is 14.8. The number of nitro groups is 1. The van der Waals surface area contributed by atoms with Gasteiger partial charge in [-0.15, -0.1) is 0 Å². The Morgan fingerprint density at radius 2 is 2.05 bits per heavy atom. The first kappa shape index (κ1) is 13.2. The van der Waals surface area contributed by atoms with Gasteiger partial charge >= 0.3 is 0 Å². The van der Waals surface area contributed by atoms with Crippen LogP contribution in [-0.2, 0) is 24.3 Å². The van der Waals surface area contributed by atoms with E-state index in [0.717, 1.165) is 16.8 Å². The standard InChI is InChI=1S/C14H12N4O3/c19-14(5-10-1-3-12(4-2-10)18(20)21)17-7-11-6-15-9-16-13(11)8-17/h1-4,6,9H,5,7-8H2. The Labute approximate surface area is 120 Å².